The quantitative estimate of drug-likeness (QED) is 0.220. The normalized spacial score (nSPS) is 13.1. The number of nitrogens with zero attached hydrogens (tertiary/aromatic N) is 3. The zero-order chi connectivity index (χ0) is 25.2. The third-order valence-corrected chi connectivity index (χ3v) is 7.43. The zero-order valence-electron chi connectivity index (χ0n) is 19.9. The Bertz CT molecular complexity index is 1550. The molecule has 2 N–H and O–H groups in total. The van der Waals surface area contributed by atoms with Crippen molar-refractivity contribution in [2.75, 3.05) is 5.32 Å². The van der Waals surface area contributed by atoms with Crippen LogP contribution >= 0.6 is 11.3 Å². The van der Waals surface area contributed by atoms with E-state index in [2.05, 4.69) is 25.5 Å². The molecular weight excluding hydrogens is 489 g/mol. The Morgan fingerprint density at radius 3 is 2.70 bits per heavy atom. The average molecular weight is 514 g/mol. The Balaban J connectivity index is 1.17. The number of halogens is 1. The van der Waals surface area contributed by atoms with Crippen molar-refractivity contribution in [2.45, 2.75) is 32.2 Å². The number of anilines is 1. The van der Waals surface area contributed by atoms with Crippen LogP contribution in [0.25, 0.3) is 20.8 Å². The highest BCUT2D eigenvalue weighted by atomic mass is 32.1. The average Bonchev–Trinajstić information content (AvgIpc) is 3.37. The molecule has 4 aromatic heterocycles. The van der Waals surface area contributed by atoms with E-state index in [9.17, 15) is 9.18 Å². The number of rotatable bonds is 10. The summed E-state index contributed by atoms with van der Waals surface area (Å²) in [5.41, 5.74) is 3.29. The summed E-state index contributed by atoms with van der Waals surface area (Å²) < 4.78 is 21.6. The number of aromatic nitrogens is 4. The minimum Gasteiger partial charge on any atom is -0.453 e. The van der Waals surface area contributed by atoms with E-state index in [1.165, 1.54) is 17.4 Å². The lowest BCUT2D eigenvalue weighted by Gasteiger charge is -2.09. The van der Waals surface area contributed by atoms with Crippen LogP contribution in [0.4, 0.5) is 10.2 Å². The topological polar surface area (TPSA) is 92.8 Å². The molecule has 0 unspecified atom stereocenters. The molecule has 37 heavy (non-hydrogen) atoms. The lowest BCUT2D eigenvalue weighted by atomic mass is 10.0. The lowest BCUT2D eigenvalue weighted by Crippen LogP contribution is -2.04. The fourth-order valence-electron chi connectivity index (χ4n) is 4.15. The molecule has 0 bridgehead atoms. The molecule has 0 amide bonds. The van der Waals surface area contributed by atoms with E-state index in [-0.39, 0.29) is 18.0 Å². The molecule has 1 saturated carbocycles. The molecule has 186 valence electrons. The van der Waals surface area contributed by atoms with Gasteiger partial charge in [-0.3, -0.25) is 19.9 Å². The highest BCUT2D eigenvalue weighted by molar-refractivity contribution is 7.22. The molecule has 6 rings (SSSR count). The van der Waals surface area contributed by atoms with E-state index in [1.807, 2.05) is 30.5 Å². The second-order valence-electron chi connectivity index (χ2n) is 9.24. The molecule has 0 atom stereocenters. The fourth-order valence-corrected chi connectivity index (χ4v) is 5.19. The number of hydrogen-bond acceptors (Lipinski definition) is 7. The highest BCUT2D eigenvalue weighted by Gasteiger charge is 2.24. The first-order valence-electron chi connectivity index (χ1n) is 12.2. The van der Waals surface area contributed by atoms with Gasteiger partial charge in [0.25, 0.3) is 0 Å². The standard InChI is InChI=1S/C28H24FN5O2S/c29-21-13-18(12-20(35)11-17-1-2-17)4-6-24(21)36-25-7-9-30-23-14-26(37-28(23)25)22-5-3-19(15-31-22)16-32-27-8-10-33-34-27/h3-10,13-15,17H,1-2,11-12,16H2,(H2,32,33,34). The number of aromatic amines is 1. The van der Waals surface area contributed by atoms with Crippen LogP contribution in [0, 0.1) is 11.7 Å². The summed E-state index contributed by atoms with van der Waals surface area (Å²) >= 11 is 1.50. The van der Waals surface area contributed by atoms with Crippen molar-refractivity contribution in [1.29, 1.82) is 0 Å². The Morgan fingerprint density at radius 2 is 1.95 bits per heavy atom. The van der Waals surface area contributed by atoms with Crippen molar-refractivity contribution in [3.05, 3.63) is 84.1 Å². The third-order valence-electron chi connectivity index (χ3n) is 6.27. The molecule has 1 fully saturated rings. The van der Waals surface area contributed by atoms with Gasteiger partial charge in [0.2, 0.25) is 0 Å². The van der Waals surface area contributed by atoms with Crippen LogP contribution < -0.4 is 10.1 Å². The maximum atomic E-state index is 14.9. The maximum Gasteiger partial charge on any atom is 0.166 e. The lowest BCUT2D eigenvalue weighted by molar-refractivity contribution is -0.118. The highest BCUT2D eigenvalue weighted by Crippen LogP contribution is 2.39. The number of nitrogens with one attached hydrogen (secondary N) is 2. The van der Waals surface area contributed by atoms with Gasteiger partial charge in [0.1, 0.15) is 17.4 Å². The van der Waals surface area contributed by atoms with Crippen LogP contribution in [0.15, 0.2) is 67.1 Å². The predicted octanol–water partition coefficient (Wildman–Crippen LogP) is 6.54. The molecule has 4 heterocycles. The van der Waals surface area contributed by atoms with Crippen molar-refractivity contribution < 1.29 is 13.9 Å². The van der Waals surface area contributed by atoms with Crippen molar-refractivity contribution in [3.63, 3.8) is 0 Å². The third kappa shape index (κ3) is 5.51. The van der Waals surface area contributed by atoms with Gasteiger partial charge in [-0.2, -0.15) is 5.10 Å². The smallest absolute Gasteiger partial charge is 0.166 e. The molecule has 5 aromatic rings. The largest absolute Gasteiger partial charge is 0.453 e. The Hall–Kier alpha value is -4.11. The SMILES string of the molecule is O=C(Cc1ccc(Oc2ccnc3cc(-c4ccc(CNc5ccn[nH]5)cn4)sc23)c(F)c1)CC1CC1. The number of hydrogen-bond donors (Lipinski definition) is 2. The Morgan fingerprint density at radius 1 is 1.05 bits per heavy atom. The summed E-state index contributed by atoms with van der Waals surface area (Å²) in [5.74, 6) is 1.70. The first-order chi connectivity index (χ1) is 18.1. The number of H-pyrrole nitrogens is 1. The van der Waals surface area contributed by atoms with Gasteiger partial charge < -0.3 is 10.1 Å². The van der Waals surface area contributed by atoms with Gasteiger partial charge >= 0.3 is 0 Å². The molecular formula is C28H24FN5O2S. The number of fused-ring (bicyclic) bond motifs is 1. The number of pyridine rings is 2. The van der Waals surface area contributed by atoms with Crippen molar-refractivity contribution in [1.82, 2.24) is 20.2 Å². The van der Waals surface area contributed by atoms with E-state index < -0.39 is 5.82 Å². The number of carbonyl (C=O) groups is 1. The van der Waals surface area contributed by atoms with Crippen LogP contribution in [0.2, 0.25) is 0 Å². The minimum atomic E-state index is -0.487. The molecule has 1 aromatic carbocycles. The summed E-state index contributed by atoms with van der Waals surface area (Å²) in [5, 5.41) is 10.0. The van der Waals surface area contributed by atoms with Crippen LogP contribution in [-0.4, -0.2) is 25.9 Å². The van der Waals surface area contributed by atoms with E-state index in [1.54, 1.807) is 30.6 Å². The van der Waals surface area contributed by atoms with E-state index in [4.69, 9.17) is 4.74 Å². The van der Waals surface area contributed by atoms with Gasteiger partial charge in [0, 0.05) is 37.8 Å². The molecule has 0 spiro atoms. The van der Waals surface area contributed by atoms with Gasteiger partial charge in [-0.25, -0.2) is 4.39 Å². The number of thiophene rings is 1. The molecule has 9 heteroatoms. The zero-order valence-corrected chi connectivity index (χ0v) is 20.7. The summed E-state index contributed by atoms with van der Waals surface area (Å²) in [6, 6.07) is 14.3. The molecule has 0 saturated heterocycles. The van der Waals surface area contributed by atoms with Gasteiger partial charge in [0.15, 0.2) is 11.6 Å². The maximum absolute atomic E-state index is 14.9. The second kappa shape index (κ2) is 10.1. The molecule has 7 nitrogen and oxygen atoms in total. The first kappa shape index (κ1) is 23.3. The number of carbonyl (C=O) groups excluding carboxylic acids is 1. The summed E-state index contributed by atoms with van der Waals surface area (Å²) in [4.78, 5) is 22.2. The van der Waals surface area contributed by atoms with E-state index in [0.29, 0.717) is 30.2 Å². The second-order valence-corrected chi connectivity index (χ2v) is 10.3. The summed E-state index contributed by atoms with van der Waals surface area (Å²) in [7, 11) is 0. The summed E-state index contributed by atoms with van der Waals surface area (Å²) in [6.07, 6.45) is 8.28. The van der Waals surface area contributed by atoms with Crippen LogP contribution in [0.1, 0.15) is 30.4 Å². The molecule has 1 aliphatic carbocycles. The van der Waals surface area contributed by atoms with Gasteiger partial charge in [-0.05, 0) is 60.2 Å². The Labute approximate surface area is 216 Å². The van der Waals surface area contributed by atoms with E-state index >= 15 is 0 Å². The number of ketones is 1. The van der Waals surface area contributed by atoms with Gasteiger partial charge in [0.05, 0.1) is 27.0 Å². The van der Waals surface area contributed by atoms with E-state index in [0.717, 1.165) is 45.0 Å². The monoisotopic (exact) mass is 513 g/mol. The fraction of sp³-hybridized carbons (Fsp3) is 0.214. The van der Waals surface area contributed by atoms with Gasteiger partial charge in [-0.1, -0.05) is 12.1 Å². The summed E-state index contributed by atoms with van der Waals surface area (Å²) in [6.45, 7) is 0.625. The van der Waals surface area contributed by atoms with Crippen LogP contribution in [0.5, 0.6) is 11.5 Å². The van der Waals surface area contributed by atoms with Crippen molar-refractivity contribution in [3.8, 4) is 22.1 Å². The minimum absolute atomic E-state index is 0.119. The van der Waals surface area contributed by atoms with Gasteiger partial charge in [-0.15, -0.1) is 11.3 Å². The van der Waals surface area contributed by atoms with Crippen LogP contribution in [-0.2, 0) is 17.8 Å². The molecule has 0 radical (unpaired) electrons. The number of ether oxygens (including phenoxy) is 1. The van der Waals surface area contributed by atoms with Crippen molar-refractivity contribution >= 4 is 33.2 Å². The Kier molecular flexibility index (Phi) is 6.36. The predicted molar refractivity (Wildman–Crippen MR) is 141 cm³/mol. The molecule has 0 aliphatic heterocycles. The molecule has 1 aliphatic rings. The number of benzene rings is 1. The number of Topliss-reactive ketones (excluding diaryl/α,β-unsaturated/α-hetero) is 1. The van der Waals surface area contributed by atoms with Crippen molar-refractivity contribution in [2.24, 2.45) is 5.92 Å². The first-order valence-corrected chi connectivity index (χ1v) is 13.0. The van der Waals surface area contributed by atoms with Crippen LogP contribution in [0.3, 0.4) is 0 Å².